The first-order valence-electron chi connectivity index (χ1n) is 6.84. The van der Waals surface area contributed by atoms with Gasteiger partial charge in [0.15, 0.2) is 0 Å². The second kappa shape index (κ2) is 5.09. The maximum Gasteiger partial charge on any atom is 0.0409 e. The van der Waals surface area contributed by atoms with E-state index in [0.29, 0.717) is 0 Å². The van der Waals surface area contributed by atoms with Crippen molar-refractivity contribution in [3.8, 4) is 0 Å². The van der Waals surface area contributed by atoms with Crippen molar-refractivity contribution in [2.24, 2.45) is 5.73 Å². The molecule has 0 aliphatic heterocycles. The van der Waals surface area contributed by atoms with Gasteiger partial charge >= 0.3 is 0 Å². The van der Waals surface area contributed by atoms with Crippen LogP contribution >= 0.6 is 0 Å². The molecule has 2 heteroatoms. The molecule has 0 saturated heterocycles. The van der Waals surface area contributed by atoms with E-state index in [4.69, 9.17) is 5.73 Å². The van der Waals surface area contributed by atoms with Gasteiger partial charge in [-0.25, -0.2) is 0 Å². The monoisotopic (exact) mass is 232 g/mol. The van der Waals surface area contributed by atoms with Crippen molar-refractivity contribution in [2.45, 2.75) is 45.1 Å². The van der Waals surface area contributed by atoms with Crippen LogP contribution in [0, 0.1) is 0 Å². The van der Waals surface area contributed by atoms with Crippen molar-refractivity contribution in [3.05, 3.63) is 29.8 Å². The fourth-order valence-corrected chi connectivity index (χ4v) is 2.89. The van der Waals surface area contributed by atoms with E-state index in [1.807, 2.05) is 0 Å². The van der Waals surface area contributed by atoms with Crippen molar-refractivity contribution in [1.82, 2.24) is 0 Å². The second-order valence-electron chi connectivity index (χ2n) is 5.08. The lowest BCUT2D eigenvalue weighted by atomic mass is 9.89. The van der Waals surface area contributed by atoms with E-state index in [1.54, 1.807) is 0 Å². The molecule has 1 aromatic rings. The lowest BCUT2D eigenvalue weighted by Crippen LogP contribution is -2.33. The van der Waals surface area contributed by atoms with Crippen LogP contribution in [-0.4, -0.2) is 13.1 Å². The molecule has 0 aromatic heterocycles. The zero-order valence-corrected chi connectivity index (χ0v) is 11.1. The molecule has 17 heavy (non-hydrogen) atoms. The van der Waals surface area contributed by atoms with E-state index in [2.05, 4.69) is 43.0 Å². The van der Waals surface area contributed by atoms with Gasteiger partial charge in [-0.05, 0) is 44.4 Å². The normalized spacial score (nSPS) is 18.3. The van der Waals surface area contributed by atoms with Crippen molar-refractivity contribution >= 4 is 5.69 Å². The predicted molar refractivity (Wildman–Crippen MR) is 74.3 cm³/mol. The number of nitrogens with two attached hydrogens (primary N) is 1. The number of anilines is 1. The summed E-state index contributed by atoms with van der Waals surface area (Å²) in [6.07, 6.45) is 4.82. The van der Waals surface area contributed by atoms with E-state index in [0.717, 1.165) is 25.9 Å². The quantitative estimate of drug-likeness (QED) is 0.863. The van der Waals surface area contributed by atoms with Crippen LogP contribution in [0.2, 0.25) is 0 Å². The lowest BCUT2D eigenvalue weighted by molar-refractivity contribution is 0.462. The Bertz CT molecular complexity index is 346. The molecule has 0 atom stereocenters. The van der Waals surface area contributed by atoms with Crippen LogP contribution in [0.1, 0.15) is 45.1 Å². The molecule has 0 amide bonds. The Balaban J connectivity index is 2.17. The summed E-state index contributed by atoms with van der Waals surface area (Å²) >= 11 is 0. The Labute approximate surface area is 105 Å². The molecule has 1 aliphatic carbocycles. The number of hydrogen-bond donors (Lipinski definition) is 1. The van der Waals surface area contributed by atoms with Crippen LogP contribution in [0.25, 0.3) is 0 Å². The summed E-state index contributed by atoms with van der Waals surface area (Å²) in [7, 11) is 0. The zero-order valence-electron chi connectivity index (χ0n) is 11.1. The van der Waals surface area contributed by atoms with Gasteiger partial charge in [-0.1, -0.05) is 25.0 Å². The van der Waals surface area contributed by atoms with Crippen molar-refractivity contribution < 1.29 is 0 Å². The maximum atomic E-state index is 6.46. The van der Waals surface area contributed by atoms with E-state index in [1.165, 1.54) is 24.1 Å². The van der Waals surface area contributed by atoms with Gasteiger partial charge in [0, 0.05) is 24.3 Å². The molecular formula is C15H24N2. The fraction of sp³-hybridized carbons (Fsp3) is 0.600. The van der Waals surface area contributed by atoms with E-state index in [-0.39, 0.29) is 5.54 Å². The standard InChI is InChI=1S/C15H24N2/c1-3-17(4-2)14-9-7-13(8-10-14)15(16)11-5-6-12-15/h7-10H,3-6,11-12,16H2,1-2H3. The average Bonchev–Trinajstić information content (AvgIpc) is 2.80. The third-order valence-electron chi connectivity index (χ3n) is 4.07. The molecule has 0 bridgehead atoms. The van der Waals surface area contributed by atoms with Gasteiger partial charge in [0.1, 0.15) is 0 Å². The summed E-state index contributed by atoms with van der Waals surface area (Å²) in [6, 6.07) is 8.88. The highest BCUT2D eigenvalue weighted by Crippen LogP contribution is 2.36. The van der Waals surface area contributed by atoms with E-state index >= 15 is 0 Å². The molecule has 2 nitrogen and oxygen atoms in total. The molecule has 1 saturated carbocycles. The maximum absolute atomic E-state index is 6.46. The SMILES string of the molecule is CCN(CC)c1ccc(C2(N)CCCC2)cc1. The first-order chi connectivity index (χ1) is 8.19. The number of nitrogens with zero attached hydrogens (tertiary/aromatic N) is 1. The van der Waals surface area contributed by atoms with E-state index < -0.39 is 0 Å². The largest absolute Gasteiger partial charge is 0.372 e. The smallest absolute Gasteiger partial charge is 0.0409 e. The first kappa shape index (κ1) is 12.4. The second-order valence-corrected chi connectivity index (χ2v) is 5.08. The third-order valence-corrected chi connectivity index (χ3v) is 4.07. The molecule has 0 radical (unpaired) electrons. The van der Waals surface area contributed by atoms with Gasteiger partial charge in [0.05, 0.1) is 0 Å². The van der Waals surface area contributed by atoms with Crippen LogP contribution in [0.4, 0.5) is 5.69 Å². The lowest BCUT2D eigenvalue weighted by Gasteiger charge is -2.26. The van der Waals surface area contributed by atoms with Crippen LogP contribution in [0.15, 0.2) is 24.3 Å². The van der Waals surface area contributed by atoms with Gasteiger partial charge in [-0.3, -0.25) is 0 Å². The summed E-state index contributed by atoms with van der Waals surface area (Å²) in [5.74, 6) is 0. The highest BCUT2D eigenvalue weighted by molar-refractivity contribution is 5.48. The Kier molecular flexibility index (Phi) is 3.72. The van der Waals surface area contributed by atoms with Crippen molar-refractivity contribution in [3.63, 3.8) is 0 Å². The van der Waals surface area contributed by atoms with Gasteiger partial charge in [-0.2, -0.15) is 0 Å². The number of hydrogen-bond acceptors (Lipinski definition) is 2. The molecule has 0 heterocycles. The van der Waals surface area contributed by atoms with Gasteiger partial charge in [0.2, 0.25) is 0 Å². The third kappa shape index (κ3) is 2.47. The van der Waals surface area contributed by atoms with Crippen LogP contribution in [0.5, 0.6) is 0 Å². The highest BCUT2D eigenvalue weighted by Gasteiger charge is 2.30. The number of rotatable bonds is 4. The van der Waals surface area contributed by atoms with Gasteiger partial charge in [0.25, 0.3) is 0 Å². The molecule has 0 spiro atoms. The molecule has 1 aliphatic rings. The molecular weight excluding hydrogens is 208 g/mol. The molecule has 2 N–H and O–H groups in total. The topological polar surface area (TPSA) is 29.3 Å². The molecule has 1 aromatic carbocycles. The Morgan fingerprint density at radius 3 is 2.06 bits per heavy atom. The van der Waals surface area contributed by atoms with Crippen LogP contribution < -0.4 is 10.6 Å². The summed E-state index contributed by atoms with van der Waals surface area (Å²) in [6.45, 7) is 6.50. The van der Waals surface area contributed by atoms with E-state index in [9.17, 15) is 0 Å². The molecule has 1 fully saturated rings. The van der Waals surface area contributed by atoms with Gasteiger partial charge < -0.3 is 10.6 Å². The summed E-state index contributed by atoms with van der Waals surface area (Å²) in [5, 5.41) is 0. The average molecular weight is 232 g/mol. The minimum Gasteiger partial charge on any atom is -0.372 e. The first-order valence-corrected chi connectivity index (χ1v) is 6.84. The predicted octanol–water partition coefficient (Wildman–Crippen LogP) is 3.26. The van der Waals surface area contributed by atoms with Crippen molar-refractivity contribution in [2.75, 3.05) is 18.0 Å². The van der Waals surface area contributed by atoms with Crippen LogP contribution in [-0.2, 0) is 5.54 Å². The Morgan fingerprint density at radius 1 is 1.06 bits per heavy atom. The van der Waals surface area contributed by atoms with Crippen molar-refractivity contribution in [1.29, 1.82) is 0 Å². The minimum atomic E-state index is -0.0538. The Morgan fingerprint density at radius 2 is 1.59 bits per heavy atom. The van der Waals surface area contributed by atoms with Gasteiger partial charge in [-0.15, -0.1) is 0 Å². The number of benzene rings is 1. The molecule has 2 rings (SSSR count). The fourth-order valence-electron chi connectivity index (χ4n) is 2.89. The molecule has 0 unspecified atom stereocenters. The molecule has 94 valence electrons. The highest BCUT2D eigenvalue weighted by atomic mass is 15.1. The summed E-state index contributed by atoms with van der Waals surface area (Å²) in [4.78, 5) is 2.36. The summed E-state index contributed by atoms with van der Waals surface area (Å²) < 4.78 is 0. The summed E-state index contributed by atoms with van der Waals surface area (Å²) in [5.41, 5.74) is 9.02. The minimum absolute atomic E-state index is 0.0538. The van der Waals surface area contributed by atoms with Crippen LogP contribution in [0.3, 0.4) is 0 Å². The Hall–Kier alpha value is -1.02. The zero-order chi connectivity index (χ0) is 12.3.